The summed E-state index contributed by atoms with van der Waals surface area (Å²) in [7, 11) is 0. The number of nitrogens with one attached hydrogen (secondary N) is 2. The molecule has 1 rings (SSSR count). The van der Waals surface area contributed by atoms with Crippen LogP contribution in [0.3, 0.4) is 0 Å². The van der Waals surface area contributed by atoms with Crippen molar-refractivity contribution in [3.8, 4) is 0 Å². The van der Waals surface area contributed by atoms with Crippen LogP contribution in [0.25, 0.3) is 0 Å². The van der Waals surface area contributed by atoms with Gasteiger partial charge < -0.3 is 5.32 Å². The van der Waals surface area contributed by atoms with Gasteiger partial charge in [0.15, 0.2) is 0 Å². The molecule has 0 aromatic heterocycles. The fourth-order valence-corrected chi connectivity index (χ4v) is 2.32. The highest BCUT2D eigenvalue weighted by Gasteiger charge is 2.40. The predicted octanol–water partition coefficient (Wildman–Crippen LogP) is 1.69. The number of hydrogen-bond acceptors (Lipinski definition) is 3. The molecule has 0 aromatic carbocycles. The summed E-state index contributed by atoms with van der Waals surface area (Å²) >= 11 is 1.77. The van der Waals surface area contributed by atoms with E-state index in [1.165, 1.54) is 0 Å². The molecule has 0 bridgehead atoms. The molecular weight excluding hydrogens is 196 g/mol. The van der Waals surface area contributed by atoms with E-state index in [1.807, 2.05) is 0 Å². The first-order valence-electron chi connectivity index (χ1n) is 4.99. The second-order valence-electron chi connectivity index (χ2n) is 5.27. The molecule has 0 heterocycles. The Hall–Kier alpha value is -0.220. The van der Waals surface area contributed by atoms with Crippen molar-refractivity contribution in [2.75, 3.05) is 0 Å². The lowest BCUT2D eigenvalue weighted by molar-refractivity contribution is -0.111. The summed E-state index contributed by atoms with van der Waals surface area (Å²) in [6.45, 7) is 8.77. The van der Waals surface area contributed by atoms with Crippen LogP contribution in [0.2, 0.25) is 0 Å². The Morgan fingerprint density at radius 2 is 2.00 bits per heavy atom. The van der Waals surface area contributed by atoms with Crippen LogP contribution in [0.15, 0.2) is 0 Å². The minimum atomic E-state index is 0.193. The molecule has 0 aromatic rings. The highest BCUT2D eigenvalue weighted by Crippen LogP contribution is 2.35. The van der Waals surface area contributed by atoms with Crippen molar-refractivity contribution in [2.24, 2.45) is 0 Å². The van der Waals surface area contributed by atoms with Crippen LogP contribution in [-0.4, -0.2) is 22.7 Å². The molecule has 3 nitrogen and oxygen atoms in total. The molecule has 1 aliphatic carbocycles. The predicted molar refractivity (Wildman–Crippen MR) is 61.1 cm³/mol. The fourth-order valence-electron chi connectivity index (χ4n) is 1.60. The third-order valence-corrected chi connectivity index (χ3v) is 3.51. The number of carbonyl (C=O) groups is 1. The molecule has 1 saturated carbocycles. The van der Waals surface area contributed by atoms with E-state index < -0.39 is 0 Å². The summed E-state index contributed by atoms with van der Waals surface area (Å²) in [5.74, 6) is 0. The van der Waals surface area contributed by atoms with E-state index in [0.717, 1.165) is 19.3 Å². The molecular formula is C10H20N2OS. The van der Waals surface area contributed by atoms with E-state index in [0.29, 0.717) is 6.04 Å². The zero-order valence-electron chi connectivity index (χ0n) is 9.39. The van der Waals surface area contributed by atoms with Gasteiger partial charge >= 0.3 is 0 Å². The average molecular weight is 216 g/mol. The molecule has 1 amide bonds. The first-order chi connectivity index (χ1) is 6.35. The SMILES string of the molecule is CC1(NSC(C)(C)C)CC(NC=O)C1. The first kappa shape index (κ1) is 11.9. The Balaban J connectivity index is 2.24. The second kappa shape index (κ2) is 4.11. The quantitative estimate of drug-likeness (QED) is 0.555. The molecule has 0 saturated heterocycles. The maximum Gasteiger partial charge on any atom is 0.207 e. The summed E-state index contributed by atoms with van der Waals surface area (Å²) in [5.41, 5.74) is 0.193. The highest BCUT2D eigenvalue weighted by atomic mass is 32.2. The molecule has 1 fully saturated rings. The topological polar surface area (TPSA) is 41.1 Å². The lowest BCUT2D eigenvalue weighted by atomic mass is 9.75. The van der Waals surface area contributed by atoms with Gasteiger partial charge in [-0.2, -0.15) is 0 Å². The van der Waals surface area contributed by atoms with E-state index in [9.17, 15) is 4.79 Å². The monoisotopic (exact) mass is 216 g/mol. The van der Waals surface area contributed by atoms with E-state index in [-0.39, 0.29) is 10.3 Å². The van der Waals surface area contributed by atoms with Crippen molar-refractivity contribution in [3.05, 3.63) is 0 Å². The van der Waals surface area contributed by atoms with Crippen LogP contribution in [0.1, 0.15) is 40.5 Å². The van der Waals surface area contributed by atoms with Crippen molar-refractivity contribution in [3.63, 3.8) is 0 Å². The smallest absolute Gasteiger partial charge is 0.207 e. The number of amides is 1. The van der Waals surface area contributed by atoms with E-state index in [2.05, 4.69) is 37.7 Å². The van der Waals surface area contributed by atoms with Gasteiger partial charge in [0.05, 0.1) is 0 Å². The molecule has 0 spiro atoms. The summed E-state index contributed by atoms with van der Waals surface area (Å²) in [6, 6.07) is 0.366. The van der Waals surface area contributed by atoms with Crippen molar-refractivity contribution < 1.29 is 4.79 Å². The molecule has 82 valence electrons. The van der Waals surface area contributed by atoms with Crippen LogP contribution in [0.5, 0.6) is 0 Å². The normalized spacial score (nSPS) is 32.1. The minimum absolute atomic E-state index is 0.193. The summed E-state index contributed by atoms with van der Waals surface area (Å²) < 4.78 is 3.73. The van der Waals surface area contributed by atoms with Gasteiger partial charge in [0, 0.05) is 16.3 Å². The van der Waals surface area contributed by atoms with Crippen LogP contribution >= 0.6 is 11.9 Å². The van der Waals surface area contributed by atoms with Crippen LogP contribution in [0.4, 0.5) is 0 Å². The number of hydrogen-bond donors (Lipinski definition) is 2. The van der Waals surface area contributed by atoms with Gasteiger partial charge in [-0.3, -0.25) is 9.52 Å². The van der Waals surface area contributed by atoms with Crippen LogP contribution < -0.4 is 10.0 Å². The molecule has 0 atom stereocenters. The van der Waals surface area contributed by atoms with Gasteiger partial charge in [-0.05, 0) is 40.5 Å². The molecule has 0 unspecified atom stereocenters. The van der Waals surface area contributed by atoms with E-state index >= 15 is 0 Å². The molecule has 14 heavy (non-hydrogen) atoms. The summed E-state index contributed by atoms with van der Waals surface area (Å²) in [6.07, 6.45) is 2.84. The Morgan fingerprint density at radius 3 is 2.43 bits per heavy atom. The highest BCUT2D eigenvalue weighted by molar-refractivity contribution is 7.98. The Morgan fingerprint density at radius 1 is 1.43 bits per heavy atom. The largest absolute Gasteiger partial charge is 0.356 e. The molecule has 2 N–H and O–H groups in total. The lowest BCUT2D eigenvalue weighted by Crippen LogP contribution is -2.58. The van der Waals surface area contributed by atoms with E-state index in [1.54, 1.807) is 11.9 Å². The fraction of sp³-hybridized carbons (Fsp3) is 0.900. The summed E-state index contributed by atoms with van der Waals surface area (Å²) in [4.78, 5) is 10.2. The Bertz CT molecular complexity index is 207. The molecule has 1 aliphatic rings. The van der Waals surface area contributed by atoms with Crippen molar-refractivity contribution in [1.82, 2.24) is 10.0 Å². The zero-order valence-corrected chi connectivity index (χ0v) is 10.2. The Kier molecular flexibility index (Phi) is 3.48. The number of rotatable bonds is 4. The van der Waals surface area contributed by atoms with Crippen molar-refractivity contribution in [1.29, 1.82) is 0 Å². The second-order valence-corrected chi connectivity index (χ2v) is 6.90. The standard InChI is InChI=1S/C10H20N2OS/c1-9(2,3)14-12-10(4)5-8(6-10)11-7-13/h7-8,12H,5-6H2,1-4H3,(H,11,13). The van der Waals surface area contributed by atoms with Crippen molar-refractivity contribution >= 4 is 18.4 Å². The summed E-state index contributed by atoms with van der Waals surface area (Å²) in [5, 5.41) is 2.80. The van der Waals surface area contributed by atoms with Gasteiger partial charge in [-0.25, -0.2) is 0 Å². The van der Waals surface area contributed by atoms with Gasteiger partial charge in [0.1, 0.15) is 0 Å². The maximum atomic E-state index is 10.2. The van der Waals surface area contributed by atoms with Gasteiger partial charge in [-0.15, -0.1) is 0 Å². The average Bonchev–Trinajstić information content (AvgIpc) is 1.97. The van der Waals surface area contributed by atoms with E-state index in [4.69, 9.17) is 0 Å². The van der Waals surface area contributed by atoms with Crippen LogP contribution in [-0.2, 0) is 4.79 Å². The van der Waals surface area contributed by atoms with Gasteiger partial charge in [-0.1, -0.05) is 11.9 Å². The third kappa shape index (κ3) is 3.50. The van der Waals surface area contributed by atoms with Crippen molar-refractivity contribution in [2.45, 2.75) is 56.9 Å². The maximum absolute atomic E-state index is 10.2. The first-order valence-corrected chi connectivity index (χ1v) is 5.81. The number of carbonyl (C=O) groups excluding carboxylic acids is 1. The third-order valence-electron chi connectivity index (χ3n) is 2.30. The zero-order chi connectivity index (χ0) is 10.8. The van der Waals surface area contributed by atoms with Gasteiger partial charge in [0.25, 0.3) is 0 Å². The molecule has 0 aliphatic heterocycles. The minimum Gasteiger partial charge on any atom is -0.356 e. The van der Waals surface area contributed by atoms with Gasteiger partial charge in [0.2, 0.25) is 6.41 Å². The molecule has 4 heteroatoms. The van der Waals surface area contributed by atoms with Crippen LogP contribution in [0, 0.1) is 0 Å². The lowest BCUT2D eigenvalue weighted by Gasteiger charge is -2.46. The molecule has 0 radical (unpaired) electrons. The Labute approximate surface area is 90.5 Å².